The van der Waals surface area contributed by atoms with Gasteiger partial charge < -0.3 is 0 Å². The van der Waals surface area contributed by atoms with Crippen molar-refractivity contribution in [3.63, 3.8) is 0 Å². The van der Waals surface area contributed by atoms with Crippen LogP contribution in [0, 0.1) is 20.8 Å². The normalized spacial score (nSPS) is 11.5. The van der Waals surface area contributed by atoms with Crippen LogP contribution < -0.4 is 0 Å². The predicted octanol–water partition coefficient (Wildman–Crippen LogP) is 6.80. The summed E-state index contributed by atoms with van der Waals surface area (Å²) in [4.78, 5) is 12.8. The fourth-order valence-corrected chi connectivity index (χ4v) is 3.30. The lowest BCUT2D eigenvalue weighted by molar-refractivity contribution is -0.113. The van der Waals surface area contributed by atoms with Gasteiger partial charge in [-0.3, -0.25) is 4.79 Å². The van der Waals surface area contributed by atoms with E-state index in [2.05, 4.69) is 87.5 Å². The zero-order valence-electron chi connectivity index (χ0n) is 16.5. The summed E-state index contributed by atoms with van der Waals surface area (Å²) in [6.07, 6.45) is 2.51. The molecule has 27 heavy (non-hydrogen) atoms. The van der Waals surface area contributed by atoms with Gasteiger partial charge in [-0.1, -0.05) is 73.2 Å². The molecule has 0 aliphatic rings. The standard InChI is InChI=1S/C26H26O/c1-5-26(27)25(16-21-13-10-18(2)11-14-21)24-17-22(15-12-20(24)4)23-9-7-6-8-19(23)3/h6-17H,5H2,1-4H3/b25-16+. The van der Waals surface area contributed by atoms with Crippen LogP contribution in [0.5, 0.6) is 0 Å². The lowest BCUT2D eigenvalue weighted by atomic mass is 9.90. The average Bonchev–Trinajstić information content (AvgIpc) is 2.68. The third-order valence-electron chi connectivity index (χ3n) is 4.99. The van der Waals surface area contributed by atoms with Crippen molar-refractivity contribution in [2.45, 2.75) is 34.1 Å². The minimum Gasteiger partial charge on any atom is -0.294 e. The van der Waals surface area contributed by atoms with Gasteiger partial charge in [0.25, 0.3) is 0 Å². The van der Waals surface area contributed by atoms with Gasteiger partial charge in [-0.05, 0) is 66.3 Å². The molecular formula is C26H26O. The van der Waals surface area contributed by atoms with E-state index in [9.17, 15) is 4.79 Å². The van der Waals surface area contributed by atoms with Crippen molar-refractivity contribution in [3.8, 4) is 11.1 Å². The molecule has 0 fully saturated rings. The molecule has 0 heterocycles. The number of hydrogen-bond acceptors (Lipinski definition) is 1. The number of allylic oxidation sites excluding steroid dienone is 1. The Kier molecular flexibility index (Phi) is 5.71. The van der Waals surface area contributed by atoms with Gasteiger partial charge in [0.15, 0.2) is 5.78 Å². The van der Waals surface area contributed by atoms with Crippen LogP contribution in [0.25, 0.3) is 22.8 Å². The van der Waals surface area contributed by atoms with Gasteiger partial charge in [0.1, 0.15) is 0 Å². The van der Waals surface area contributed by atoms with Crippen molar-refractivity contribution < 1.29 is 4.79 Å². The van der Waals surface area contributed by atoms with Gasteiger partial charge in [-0.2, -0.15) is 0 Å². The average molecular weight is 354 g/mol. The number of aryl methyl sites for hydroxylation is 3. The van der Waals surface area contributed by atoms with Gasteiger partial charge in [-0.25, -0.2) is 0 Å². The first-order valence-electron chi connectivity index (χ1n) is 9.48. The second-order valence-electron chi connectivity index (χ2n) is 7.09. The molecule has 0 spiro atoms. The zero-order valence-corrected chi connectivity index (χ0v) is 16.5. The van der Waals surface area contributed by atoms with E-state index in [1.54, 1.807) is 0 Å². The highest BCUT2D eigenvalue weighted by molar-refractivity contribution is 6.25. The highest BCUT2D eigenvalue weighted by Crippen LogP contribution is 2.30. The van der Waals surface area contributed by atoms with Crippen LogP contribution in [-0.4, -0.2) is 5.78 Å². The molecule has 0 amide bonds. The van der Waals surface area contributed by atoms with Crippen LogP contribution in [-0.2, 0) is 4.79 Å². The Bertz CT molecular complexity index is 991. The maximum atomic E-state index is 12.8. The Balaban J connectivity index is 2.15. The number of rotatable bonds is 5. The molecule has 0 unspecified atom stereocenters. The monoisotopic (exact) mass is 354 g/mol. The number of benzene rings is 3. The number of ketones is 1. The van der Waals surface area contributed by atoms with Crippen LogP contribution >= 0.6 is 0 Å². The summed E-state index contributed by atoms with van der Waals surface area (Å²) >= 11 is 0. The molecule has 0 N–H and O–H groups in total. The van der Waals surface area contributed by atoms with E-state index < -0.39 is 0 Å². The molecule has 0 saturated carbocycles. The lowest BCUT2D eigenvalue weighted by Crippen LogP contribution is -2.02. The van der Waals surface area contributed by atoms with Crippen molar-refractivity contribution in [3.05, 3.63) is 94.5 Å². The van der Waals surface area contributed by atoms with Crippen LogP contribution in [0.4, 0.5) is 0 Å². The van der Waals surface area contributed by atoms with Gasteiger partial charge in [0.2, 0.25) is 0 Å². The predicted molar refractivity (Wildman–Crippen MR) is 116 cm³/mol. The lowest BCUT2D eigenvalue weighted by Gasteiger charge is -2.13. The summed E-state index contributed by atoms with van der Waals surface area (Å²) in [6, 6.07) is 23.1. The molecule has 3 aromatic rings. The number of carbonyl (C=O) groups is 1. The van der Waals surface area contributed by atoms with Crippen molar-refractivity contribution in [2.24, 2.45) is 0 Å². The number of carbonyl (C=O) groups excluding carboxylic acids is 1. The molecule has 136 valence electrons. The third kappa shape index (κ3) is 4.25. The smallest absolute Gasteiger partial charge is 0.163 e. The Hall–Kier alpha value is -2.93. The van der Waals surface area contributed by atoms with E-state index >= 15 is 0 Å². The molecule has 1 heteroatoms. The van der Waals surface area contributed by atoms with Gasteiger partial charge in [-0.15, -0.1) is 0 Å². The van der Waals surface area contributed by atoms with Crippen LogP contribution in [0.3, 0.4) is 0 Å². The number of Topliss-reactive ketones (excluding diaryl/α,β-unsaturated/α-hetero) is 1. The fourth-order valence-electron chi connectivity index (χ4n) is 3.30. The van der Waals surface area contributed by atoms with Gasteiger partial charge in [0.05, 0.1) is 0 Å². The van der Waals surface area contributed by atoms with Crippen LogP contribution in [0.1, 0.15) is 41.2 Å². The fraction of sp³-hybridized carbons (Fsp3) is 0.192. The molecule has 0 saturated heterocycles. The summed E-state index contributed by atoms with van der Waals surface area (Å²) < 4.78 is 0. The summed E-state index contributed by atoms with van der Waals surface area (Å²) in [5.74, 6) is 0.167. The zero-order chi connectivity index (χ0) is 19.4. The maximum absolute atomic E-state index is 12.8. The first kappa shape index (κ1) is 18.8. The van der Waals surface area contributed by atoms with E-state index in [0.717, 1.165) is 27.8 Å². The molecule has 0 radical (unpaired) electrons. The Labute approximate surface area is 162 Å². The maximum Gasteiger partial charge on any atom is 0.163 e. The van der Waals surface area contributed by atoms with E-state index in [-0.39, 0.29) is 5.78 Å². The topological polar surface area (TPSA) is 17.1 Å². The Morgan fingerprint density at radius 3 is 2.22 bits per heavy atom. The molecule has 0 aromatic heterocycles. The molecule has 0 atom stereocenters. The highest BCUT2D eigenvalue weighted by Gasteiger charge is 2.14. The summed E-state index contributed by atoms with van der Waals surface area (Å²) in [5.41, 5.74) is 8.78. The minimum atomic E-state index is 0.167. The van der Waals surface area contributed by atoms with Crippen molar-refractivity contribution >= 4 is 17.4 Å². The first-order valence-corrected chi connectivity index (χ1v) is 9.48. The molecule has 0 aliphatic heterocycles. The van der Waals surface area contributed by atoms with Crippen LogP contribution in [0.15, 0.2) is 66.7 Å². The van der Waals surface area contributed by atoms with E-state index in [1.165, 1.54) is 16.7 Å². The number of hydrogen-bond donors (Lipinski definition) is 0. The Morgan fingerprint density at radius 1 is 0.852 bits per heavy atom. The molecule has 3 rings (SSSR count). The first-order chi connectivity index (χ1) is 13.0. The third-order valence-corrected chi connectivity index (χ3v) is 4.99. The molecular weight excluding hydrogens is 328 g/mol. The highest BCUT2D eigenvalue weighted by atomic mass is 16.1. The SMILES string of the molecule is CCC(=O)/C(=C/c1ccc(C)cc1)c1cc(-c2ccccc2C)ccc1C. The van der Waals surface area contributed by atoms with Crippen LogP contribution in [0.2, 0.25) is 0 Å². The van der Waals surface area contributed by atoms with Gasteiger partial charge >= 0.3 is 0 Å². The van der Waals surface area contributed by atoms with Crippen molar-refractivity contribution in [1.82, 2.24) is 0 Å². The molecule has 0 bridgehead atoms. The minimum absolute atomic E-state index is 0.167. The van der Waals surface area contributed by atoms with Crippen molar-refractivity contribution in [2.75, 3.05) is 0 Å². The van der Waals surface area contributed by atoms with E-state index in [0.29, 0.717) is 6.42 Å². The largest absolute Gasteiger partial charge is 0.294 e. The quantitative estimate of drug-likeness (QED) is 0.364. The second-order valence-corrected chi connectivity index (χ2v) is 7.09. The van der Waals surface area contributed by atoms with Crippen molar-refractivity contribution in [1.29, 1.82) is 0 Å². The van der Waals surface area contributed by atoms with E-state index in [4.69, 9.17) is 0 Å². The summed E-state index contributed by atoms with van der Waals surface area (Å²) in [5, 5.41) is 0. The summed E-state index contributed by atoms with van der Waals surface area (Å²) in [7, 11) is 0. The second kappa shape index (κ2) is 8.18. The summed E-state index contributed by atoms with van der Waals surface area (Å²) in [6.45, 7) is 8.19. The van der Waals surface area contributed by atoms with E-state index in [1.807, 2.05) is 13.0 Å². The van der Waals surface area contributed by atoms with Gasteiger partial charge in [0, 0.05) is 12.0 Å². The molecule has 1 nitrogen and oxygen atoms in total. The molecule has 3 aromatic carbocycles. The molecule has 0 aliphatic carbocycles. The Morgan fingerprint density at radius 2 is 1.56 bits per heavy atom.